The molecule has 0 fully saturated rings. The highest BCUT2D eigenvalue weighted by atomic mass is 35.5. The van der Waals surface area contributed by atoms with Crippen LogP contribution in [0.15, 0.2) is 48.0 Å². The maximum atomic E-state index is 12.3. The number of rotatable bonds is 7. The molecule has 30 heavy (non-hydrogen) atoms. The number of methoxy groups -OCH3 is 1. The summed E-state index contributed by atoms with van der Waals surface area (Å²) in [6, 6.07) is 8.77. The lowest BCUT2D eigenvalue weighted by Gasteiger charge is -2.11. The number of ether oxygens (including phenoxy) is 1. The van der Waals surface area contributed by atoms with Crippen molar-refractivity contribution in [3.63, 3.8) is 0 Å². The number of carboxylic acid groups (broad SMARTS) is 1. The summed E-state index contributed by atoms with van der Waals surface area (Å²) in [6.07, 6.45) is 1.08. The fraction of sp³-hybridized carbons (Fsp3) is 0.143. The summed E-state index contributed by atoms with van der Waals surface area (Å²) < 4.78 is 5.00. The van der Waals surface area contributed by atoms with Crippen LogP contribution < -0.4 is 15.4 Å². The van der Waals surface area contributed by atoms with Crippen molar-refractivity contribution in [3.8, 4) is 5.75 Å². The lowest BCUT2D eigenvalue weighted by molar-refractivity contribution is -0.114. The van der Waals surface area contributed by atoms with E-state index < -0.39 is 17.8 Å². The standard InChI is InChI=1S/C21H19ClN2O6/c1-11(20(27)23-14-6-4-13(5-7-14)12(2)25)8-19(26)24-17-10-18(30-3)15(21(28)29)9-16(17)22/h4-10H,1-3H3,(H,23,27)(H,24,26)(H,28,29)/b11-8-. The van der Waals surface area contributed by atoms with Gasteiger partial charge in [0.25, 0.3) is 5.91 Å². The van der Waals surface area contributed by atoms with Gasteiger partial charge in [-0.25, -0.2) is 4.79 Å². The third-order valence-electron chi connectivity index (χ3n) is 4.03. The normalized spacial score (nSPS) is 10.9. The molecule has 0 aromatic heterocycles. The van der Waals surface area contributed by atoms with Crippen LogP contribution in [0, 0.1) is 0 Å². The molecule has 0 spiro atoms. The number of nitrogens with one attached hydrogen (secondary N) is 2. The maximum absolute atomic E-state index is 12.3. The first-order valence-electron chi connectivity index (χ1n) is 8.64. The van der Waals surface area contributed by atoms with Crippen LogP contribution in [0.3, 0.4) is 0 Å². The number of halogens is 1. The van der Waals surface area contributed by atoms with E-state index in [2.05, 4.69) is 10.6 Å². The molecule has 0 heterocycles. The smallest absolute Gasteiger partial charge is 0.339 e. The minimum absolute atomic E-state index is 0.00242. The Hall–Kier alpha value is -3.65. The number of carbonyl (C=O) groups excluding carboxylic acids is 3. The molecule has 156 valence electrons. The summed E-state index contributed by atoms with van der Waals surface area (Å²) in [5, 5.41) is 14.2. The Bertz CT molecular complexity index is 1040. The van der Waals surface area contributed by atoms with Crippen molar-refractivity contribution < 1.29 is 29.0 Å². The predicted octanol–water partition coefficient (Wildman–Crippen LogP) is 3.77. The van der Waals surface area contributed by atoms with Crippen LogP contribution in [0.4, 0.5) is 11.4 Å². The van der Waals surface area contributed by atoms with E-state index in [9.17, 15) is 19.2 Å². The van der Waals surface area contributed by atoms with Crippen LogP contribution in [-0.2, 0) is 9.59 Å². The first-order chi connectivity index (χ1) is 14.1. The number of benzene rings is 2. The summed E-state index contributed by atoms with van der Waals surface area (Å²) in [7, 11) is 1.29. The van der Waals surface area contributed by atoms with Gasteiger partial charge in [-0.1, -0.05) is 11.6 Å². The molecule has 3 N–H and O–H groups in total. The average molecular weight is 431 g/mol. The van der Waals surface area contributed by atoms with E-state index in [1.807, 2.05) is 0 Å². The molecular formula is C21H19ClN2O6. The van der Waals surface area contributed by atoms with Crippen molar-refractivity contribution in [3.05, 3.63) is 64.2 Å². The summed E-state index contributed by atoms with van der Waals surface area (Å²) >= 11 is 6.03. The Morgan fingerprint density at radius 2 is 1.67 bits per heavy atom. The second kappa shape index (κ2) is 9.71. The highest BCUT2D eigenvalue weighted by molar-refractivity contribution is 6.34. The van der Waals surface area contributed by atoms with Crippen molar-refractivity contribution in [2.24, 2.45) is 0 Å². The molecule has 9 heteroatoms. The van der Waals surface area contributed by atoms with Gasteiger partial charge in [0.05, 0.1) is 17.8 Å². The molecule has 0 atom stereocenters. The first-order valence-corrected chi connectivity index (χ1v) is 9.02. The third-order valence-corrected chi connectivity index (χ3v) is 4.35. The predicted molar refractivity (Wildman–Crippen MR) is 112 cm³/mol. The lowest BCUT2D eigenvalue weighted by Crippen LogP contribution is -2.16. The Balaban J connectivity index is 2.11. The fourth-order valence-electron chi connectivity index (χ4n) is 2.43. The van der Waals surface area contributed by atoms with Crippen LogP contribution in [0.5, 0.6) is 5.75 Å². The van der Waals surface area contributed by atoms with Crippen LogP contribution in [-0.4, -0.2) is 35.8 Å². The molecule has 0 aliphatic rings. The first kappa shape index (κ1) is 22.6. The average Bonchev–Trinajstić information content (AvgIpc) is 2.69. The van der Waals surface area contributed by atoms with Crippen LogP contribution in [0.25, 0.3) is 0 Å². The summed E-state index contributed by atoms with van der Waals surface area (Å²) in [5.74, 6) is -2.44. The summed E-state index contributed by atoms with van der Waals surface area (Å²) in [6.45, 7) is 2.89. The van der Waals surface area contributed by atoms with Crippen molar-refractivity contribution in [2.45, 2.75) is 13.8 Å². The third kappa shape index (κ3) is 5.68. The maximum Gasteiger partial charge on any atom is 0.339 e. The fourth-order valence-corrected chi connectivity index (χ4v) is 2.65. The van der Waals surface area contributed by atoms with Gasteiger partial charge in [-0.2, -0.15) is 0 Å². The lowest BCUT2D eigenvalue weighted by atomic mass is 10.1. The van der Waals surface area contributed by atoms with Gasteiger partial charge in [-0.05, 0) is 44.2 Å². The minimum Gasteiger partial charge on any atom is -0.496 e. The number of carbonyl (C=O) groups is 4. The molecule has 0 aliphatic heterocycles. The van der Waals surface area contributed by atoms with E-state index in [1.54, 1.807) is 24.3 Å². The second-order valence-corrected chi connectivity index (χ2v) is 6.65. The number of carboxylic acids is 1. The van der Waals surface area contributed by atoms with Crippen molar-refractivity contribution in [1.82, 2.24) is 0 Å². The molecule has 0 aliphatic carbocycles. The number of ketones is 1. The second-order valence-electron chi connectivity index (χ2n) is 6.24. The molecule has 2 amide bonds. The van der Waals surface area contributed by atoms with Crippen molar-refractivity contribution in [1.29, 1.82) is 0 Å². The molecule has 0 radical (unpaired) electrons. The van der Waals surface area contributed by atoms with E-state index in [1.165, 1.54) is 27.0 Å². The Kier molecular flexibility index (Phi) is 7.32. The zero-order chi connectivity index (χ0) is 22.4. The Morgan fingerprint density at radius 1 is 1.03 bits per heavy atom. The van der Waals surface area contributed by atoms with Crippen LogP contribution >= 0.6 is 11.6 Å². The monoisotopic (exact) mass is 430 g/mol. The van der Waals surface area contributed by atoms with E-state index in [-0.39, 0.29) is 33.4 Å². The molecule has 0 saturated heterocycles. The molecule has 0 bridgehead atoms. The van der Waals surface area contributed by atoms with Gasteiger partial charge >= 0.3 is 5.97 Å². The highest BCUT2D eigenvalue weighted by Crippen LogP contribution is 2.31. The molecular weight excluding hydrogens is 412 g/mol. The molecule has 2 rings (SSSR count). The SMILES string of the molecule is COc1cc(NC(=O)/C=C(/C)C(=O)Nc2ccc(C(C)=O)cc2)c(Cl)cc1C(=O)O. The van der Waals surface area contributed by atoms with Crippen LogP contribution in [0.1, 0.15) is 34.6 Å². The van der Waals surface area contributed by atoms with Gasteiger partial charge in [0.2, 0.25) is 5.91 Å². The van der Waals surface area contributed by atoms with E-state index >= 15 is 0 Å². The zero-order valence-electron chi connectivity index (χ0n) is 16.4. The van der Waals surface area contributed by atoms with E-state index in [0.717, 1.165) is 12.1 Å². The van der Waals surface area contributed by atoms with Gasteiger partial charge < -0.3 is 20.5 Å². The quantitative estimate of drug-likeness (QED) is 0.454. The summed E-state index contributed by atoms with van der Waals surface area (Å²) in [4.78, 5) is 47.0. The Labute approximate surface area is 177 Å². The topological polar surface area (TPSA) is 122 Å². The minimum atomic E-state index is -1.23. The molecule has 0 saturated carbocycles. The van der Waals surface area contributed by atoms with Crippen LogP contribution in [0.2, 0.25) is 5.02 Å². The van der Waals surface area contributed by atoms with E-state index in [0.29, 0.717) is 11.3 Å². The number of anilines is 2. The van der Waals surface area contributed by atoms with E-state index in [4.69, 9.17) is 21.4 Å². The van der Waals surface area contributed by atoms with Gasteiger partial charge in [-0.3, -0.25) is 14.4 Å². The van der Waals surface area contributed by atoms with Crippen molar-refractivity contribution in [2.75, 3.05) is 17.7 Å². The van der Waals surface area contributed by atoms with Crippen molar-refractivity contribution >= 4 is 46.5 Å². The molecule has 0 unspecified atom stereocenters. The Morgan fingerprint density at radius 3 is 2.20 bits per heavy atom. The van der Waals surface area contributed by atoms with Gasteiger partial charge in [0.1, 0.15) is 11.3 Å². The van der Waals surface area contributed by atoms with Gasteiger partial charge in [-0.15, -0.1) is 0 Å². The number of hydrogen-bond donors (Lipinski definition) is 3. The van der Waals surface area contributed by atoms with Gasteiger partial charge in [0.15, 0.2) is 5.78 Å². The largest absolute Gasteiger partial charge is 0.496 e. The number of aromatic carboxylic acids is 1. The number of hydrogen-bond acceptors (Lipinski definition) is 5. The number of amides is 2. The highest BCUT2D eigenvalue weighted by Gasteiger charge is 2.16. The molecule has 2 aromatic carbocycles. The summed E-state index contributed by atoms with van der Waals surface area (Å²) in [5.41, 5.74) is 1.08. The molecule has 2 aromatic rings. The number of Topliss-reactive ketones (excluding diaryl/α,β-unsaturated/α-hetero) is 1. The van der Waals surface area contributed by atoms with Gasteiger partial charge in [0, 0.05) is 29.0 Å². The molecule has 8 nitrogen and oxygen atoms in total. The zero-order valence-corrected chi connectivity index (χ0v) is 17.2.